The molecular formula is C24H40N2O4. The van der Waals surface area contributed by atoms with Crippen LogP contribution in [0.3, 0.4) is 0 Å². The van der Waals surface area contributed by atoms with Crippen LogP contribution in [0.15, 0.2) is 0 Å². The van der Waals surface area contributed by atoms with Crippen molar-refractivity contribution in [1.29, 1.82) is 0 Å². The fourth-order valence-corrected chi connectivity index (χ4v) is 6.56. The molecule has 0 aromatic carbocycles. The van der Waals surface area contributed by atoms with Crippen LogP contribution in [-0.2, 0) is 14.4 Å². The van der Waals surface area contributed by atoms with E-state index in [1.54, 1.807) is 4.90 Å². The first-order chi connectivity index (χ1) is 13.5. The van der Waals surface area contributed by atoms with Gasteiger partial charge in [0.2, 0.25) is 11.8 Å². The molecule has 2 saturated carbocycles. The molecule has 1 aliphatic heterocycles. The van der Waals surface area contributed by atoms with E-state index in [9.17, 15) is 19.5 Å². The van der Waals surface area contributed by atoms with Gasteiger partial charge < -0.3 is 15.3 Å². The maximum absolute atomic E-state index is 13.7. The maximum atomic E-state index is 13.7. The van der Waals surface area contributed by atoms with E-state index in [2.05, 4.69) is 19.2 Å². The van der Waals surface area contributed by atoms with Crippen LogP contribution in [-0.4, -0.2) is 46.4 Å². The highest BCUT2D eigenvalue weighted by molar-refractivity contribution is 5.92. The lowest BCUT2D eigenvalue weighted by Crippen LogP contribution is -2.57. The number of nitrogens with one attached hydrogen (secondary N) is 1. The van der Waals surface area contributed by atoms with Crippen molar-refractivity contribution in [1.82, 2.24) is 10.2 Å². The second-order valence-electron chi connectivity index (χ2n) is 12.8. The van der Waals surface area contributed by atoms with Crippen molar-refractivity contribution < 1.29 is 19.5 Å². The molecule has 3 rings (SSSR count). The number of carbonyl (C=O) groups excluding carboxylic acids is 2. The monoisotopic (exact) mass is 420 g/mol. The van der Waals surface area contributed by atoms with E-state index in [1.807, 2.05) is 41.5 Å². The summed E-state index contributed by atoms with van der Waals surface area (Å²) in [6.45, 7) is 16.7. The molecule has 0 bridgehead atoms. The number of hydrogen-bond donors (Lipinski definition) is 2. The van der Waals surface area contributed by atoms with Gasteiger partial charge in [-0.3, -0.25) is 9.59 Å². The molecule has 2 spiro atoms. The number of likely N-dealkylation sites (tertiary alicyclic amines) is 1. The fourth-order valence-electron chi connectivity index (χ4n) is 6.56. The highest BCUT2D eigenvalue weighted by atomic mass is 16.4. The van der Waals surface area contributed by atoms with Crippen molar-refractivity contribution in [2.24, 2.45) is 27.1 Å². The average molecular weight is 421 g/mol. The molecule has 0 radical (unpaired) electrons. The molecule has 1 heterocycles. The van der Waals surface area contributed by atoms with Crippen LogP contribution < -0.4 is 5.32 Å². The Labute approximate surface area is 181 Å². The van der Waals surface area contributed by atoms with E-state index in [4.69, 9.17) is 0 Å². The summed E-state index contributed by atoms with van der Waals surface area (Å²) in [4.78, 5) is 40.1. The first kappa shape index (κ1) is 23.1. The van der Waals surface area contributed by atoms with Crippen molar-refractivity contribution in [2.45, 2.75) is 99.6 Å². The van der Waals surface area contributed by atoms with Crippen molar-refractivity contribution in [2.75, 3.05) is 6.54 Å². The fraction of sp³-hybridized carbons (Fsp3) is 0.875. The Morgan fingerprint density at radius 1 is 1.07 bits per heavy atom. The minimum atomic E-state index is -0.939. The second-order valence-corrected chi connectivity index (χ2v) is 12.8. The highest BCUT2D eigenvalue weighted by Gasteiger charge is 2.85. The van der Waals surface area contributed by atoms with Gasteiger partial charge in [0, 0.05) is 18.4 Å². The molecule has 6 heteroatoms. The van der Waals surface area contributed by atoms with Crippen molar-refractivity contribution >= 4 is 17.8 Å². The summed E-state index contributed by atoms with van der Waals surface area (Å²) < 4.78 is 0. The van der Waals surface area contributed by atoms with Gasteiger partial charge in [0.05, 0.1) is 0 Å². The molecule has 0 aromatic heterocycles. The van der Waals surface area contributed by atoms with Crippen LogP contribution >= 0.6 is 0 Å². The molecule has 3 fully saturated rings. The molecule has 0 aromatic rings. The van der Waals surface area contributed by atoms with Crippen LogP contribution in [0, 0.1) is 27.1 Å². The van der Waals surface area contributed by atoms with Crippen molar-refractivity contribution in [3.63, 3.8) is 0 Å². The number of rotatable bonds is 4. The van der Waals surface area contributed by atoms with Gasteiger partial charge in [0.15, 0.2) is 0 Å². The third-order valence-corrected chi connectivity index (χ3v) is 8.49. The molecule has 3 aliphatic rings. The number of nitrogens with zero attached hydrogens (tertiary/aromatic N) is 1. The van der Waals surface area contributed by atoms with E-state index in [-0.39, 0.29) is 33.5 Å². The topological polar surface area (TPSA) is 86.7 Å². The van der Waals surface area contributed by atoms with E-state index >= 15 is 0 Å². The van der Waals surface area contributed by atoms with Crippen LogP contribution in [0.4, 0.5) is 0 Å². The van der Waals surface area contributed by atoms with E-state index < -0.39 is 23.5 Å². The van der Waals surface area contributed by atoms with Gasteiger partial charge in [0.25, 0.3) is 0 Å². The summed E-state index contributed by atoms with van der Waals surface area (Å²) in [6, 6.07) is -1.57. The summed E-state index contributed by atoms with van der Waals surface area (Å²) in [5.41, 5.74) is -0.597. The van der Waals surface area contributed by atoms with Crippen molar-refractivity contribution in [3.05, 3.63) is 0 Å². The standard InChI is InChI=1S/C24H40N2O4/c1-20(2,3)13-16(27)25-17(21(4,5)6)18(28)26-14-24(12-15(26)19(29)30)22(7,8)23(24)10-9-11-23/h15,17H,9-14H2,1-8H3,(H,25,27)(H,29,30)/t15-,17+,24+/m0/s1. The minimum Gasteiger partial charge on any atom is -0.480 e. The minimum absolute atomic E-state index is 0.0493. The number of carboxylic acid groups (broad SMARTS) is 1. The molecule has 2 aliphatic carbocycles. The lowest BCUT2D eigenvalue weighted by molar-refractivity contribution is -0.150. The number of carbonyl (C=O) groups is 3. The Bertz CT molecular complexity index is 754. The Morgan fingerprint density at radius 2 is 1.63 bits per heavy atom. The van der Waals surface area contributed by atoms with Gasteiger partial charge in [-0.2, -0.15) is 0 Å². The number of hydrogen-bond acceptors (Lipinski definition) is 3. The molecular weight excluding hydrogens is 380 g/mol. The summed E-state index contributed by atoms with van der Waals surface area (Å²) in [6.07, 6.45) is 4.27. The van der Waals surface area contributed by atoms with E-state index in [0.29, 0.717) is 19.4 Å². The predicted octanol–water partition coefficient (Wildman–Crippen LogP) is 3.84. The summed E-state index contributed by atoms with van der Waals surface area (Å²) in [7, 11) is 0. The van der Waals surface area contributed by atoms with Gasteiger partial charge in [-0.15, -0.1) is 0 Å². The van der Waals surface area contributed by atoms with E-state index in [1.165, 1.54) is 6.42 Å². The van der Waals surface area contributed by atoms with Crippen molar-refractivity contribution in [3.8, 4) is 0 Å². The average Bonchev–Trinajstić information content (AvgIpc) is 2.78. The number of amides is 2. The molecule has 3 atom stereocenters. The number of fused-ring (bicyclic) bond motifs is 1. The SMILES string of the molecule is CC(C)(C)CC(=O)N[C@H](C(=O)N1C[C@]2(C[C@H]1C(=O)O)C(C)(C)C21CCC1)C(C)(C)C. The molecule has 6 nitrogen and oxygen atoms in total. The van der Waals surface area contributed by atoms with Crippen LogP contribution in [0.5, 0.6) is 0 Å². The highest BCUT2D eigenvalue weighted by Crippen LogP contribution is 2.88. The van der Waals surface area contributed by atoms with Gasteiger partial charge in [-0.05, 0) is 40.9 Å². The smallest absolute Gasteiger partial charge is 0.326 e. The second kappa shape index (κ2) is 6.70. The predicted molar refractivity (Wildman–Crippen MR) is 116 cm³/mol. The van der Waals surface area contributed by atoms with Gasteiger partial charge in [0.1, 0.15) is 12.1 Å². The summed E-state index contributed by atoms with van der Waals surface area (Å²) in [5.74, 6) is -1.36. The Kier molecular flexibility index (Phi) is 5.16. The first-order valence-electron chi connectivity index (χ1n) is 11.3. The number of carboxylic acids is 1. The van der Waals surface area contributed by atoms with Gasteiger partial charge in [-0.1, -0.05) is 61.8 Å². The Balaban J connectivity index is 1.86. The summed E-state index contributed by atoms with van der Waals surface area (Å²) >= 11 is 0. The lowest BCUT2D eigenvalue weighted by Gasteiger charge is -2.36. The molecule has 170 valence electrons. The normalized spacial score (nSPS) is 30.1. The quantitative estimate of drug-likeness (QED) is 0.723. The van der Waals surface area contributed by atoms with Crippen LogP contribution in [0.1, 0.15) is 87.5 Å². The maximum Gasteiger partial charge on any atom is 0.326 e. The number of aliphatic carboxylic acids is 1. The van der Waals surface area contributed by atoms with Crippen LogP contribution in [0.25, 0.3) is 0 Å². The van der Waals surface area contributed by atoms with Crippen LogP contribution in [0.2, 0.25) is 0 Å². The zero-order valence-corrected chi connectivity index (χ0v) is 20.0. The Hall–Kier alpha value is -1.59. The zero-order valence-electron chi connectivity index (χ0n) is 20.0. The molecule has 30 heavy (non-hydrogen) atoms. The third kappa shape index (κ3) is 3.25. The van der Waals surface area contributed by atoms with Gasteiger partial charge in [-0.25, -0.2) is 4.79 Å². The lowest BCUT2D eigenvalue weighted by atomic mass is 9.73. The third-order valence-electron chi connectivity index (χ3n) is 8.49. The molecule has 2 N–H and O–H groups in total. The molecule has 2 amide bonds. The first-order valence-corrected chi connectivity index (χ1v) is 11.3. The molecule has 0 unspecified atom stereocenters. The molecule has 1 saturated heterocycles. The summed E-state index contributed by atoms with van der Waals surface area (Å²) in [5, 5.41) is 12.9. The Morgan fingerprint density at radius 3 is 2.00 bits per heavy atom. The van der Waals surface area contributed by atoms with Gasteiger partial charge >= 0.3 is 5.97 Å². The van der Waals surface area contributed by atoms with E-state index in [0.717, 1.165) is 12.8 Å². The zero-order chi connectivity index (χ0) is 22.9. The largest absolute Gasteiger partial charge is 0.480 e.